The molecule has 1 heterocycles. The second-order valence-corrected chi connectivity index (χ2v) is 9.70. The average molecular weight is 594 g/mol. The molecule has 0 aromatic heterocycles. The van der Waals surface area contributed by atoms with E-state index in [0.717, 1.165) is 32.1 Å². The number of likely N-dealkylation sites (tertiary alicyclic amines) is 1. The summed E-state index contributed by atoms with van der Waals surface area (Å²) in [5, 5.41) is 10.7. The van der Waals surface area contributed by atoms with Crippen molar-refractivity contribution < 1.29 is 24.0 Å². The topological polar surface area (TPSA) is 137 Å². The molecule has 1 aliphatic heterocycles. The van der Waals surface area contributed by atoms with Crippen LogP contribution in [0, 0.1) is 18.3 Å². The van der Waals surface area contributed by atoms with Crippen LogP contribution in [0.2, 0.25) is 0 Å². The van der Waals surface area contributed by atoms with E-state index in [1.54, 1.807) is 18.0 Å². The van der Waals surface area contributed by atoms with E-state index < -0.39 is 12.1 Å². The molecule has 0 bridgehead atoms. The molecule has 0 aromatic rings. The van der Waals surface area contributed by atoms with Gasteiger partial charge in [-0.15, -0.1) is 18.9 Å². The fourth-order valence-corrected chi connectivity index (χ4v) is 4.51. The molecule has 10 nitrogen and oxygen atoms in total. The number of nitrogens with one attached hydrogen (secondary N) is 4. The SMILES string of the molecule is C#CCCC(NC(=O)C1CCCN1C(=O)C(NC)C1CCCCC1)C(C)=O.C=CCNC=O.CC.CCC.CNC=O. The van der Waals surface area contributed by atoms with Gasteiger partial charge in [0, 0.05) is 26.6 Å². The number of Topliss-reactive ketones (excluding diaryl/α,β-unsaturated/α-hetero) is 1. The van der Waals surface area contributed by atoms with Crippen molar-refractivity contribution in [3.63, 3.8) is 0 Å². The van der Waals surface area contributed by atoms with Gasteiger partial charge in [0.25, 0.3) is 0 Å². The highest BCUT2D eigenvalue weighted by atomic mass is 16.2. The van der Waals surface area contributed by atoms with Gasteiger partial charge >= 0.3 is 0 Å². The number of nitrogens with zero attached hydrogens (tertiary/aromatic N) is 1. The minimum atomic E-state index is -0.579. The molecule has 1 saturated heterocycles. The molecule has 42 heavy (non-hydrogen) atoms. The highest BCUT2D eigenvalue weighted by Crippen LogP contribution is 2.29. The molecule has 0 spiro atoms. The number of rotatable bonds is 12. The smallest absolute Gasteiger partial charge is 0.243 e. The van der Waals surface area contributed by atoms with Crippen LogP contribution >= 0.6 is 0 Å². The maximum Gasteiger partial charge on any atom is 0.243 e. The lowest BCUT2D eigenvalue weighted by molar-refractivity contribution is -0.141. The fraction of sp³-hybridized carbons (Fsp3) is 0.719. The number of amides is 4. The van der Waals surface area contributed by atoms with Crippen molar-refractivity contribution in [2.24, 2.45) is 5.92 Å². The molecule has 2 aliphatic rings. The Morgan fingerprint density at radius 3 is 2.00 bits per heavy atom. The maximum absolute atomic E-state index is 13.2. The summed E-state index contributed by atoms with van der Waals surface area (Å²) in [4.78, 5) is 58.0. The molecule has 1 aliphatic carbocycles. The van der Waals surface area contributed by atoms with Crippen LogP contribution < -0.4 is 21.3 Å². The monoisotopic (exact) mass is 593 g/mol. The zero-order chi connectivity index (χ0) is 32.8. The standard InChI is InChI=1S/C21H33N3O3.C4H7NO.C3H8.C2H5NO.C2H6/c1-4-5-12-17(15(2)25)23-20(26)18-13-9-14-24(18)21(27)19(22-3)16-10-7-6-8-11-16;1-2-3-5-4-6;1-3-2;1-3-2-4;1-2/h1,16-19,22H,5-14H2,2-3H3,(H,23,26);2,4H,1,3H2,(H,5,6);3H2,1-2H3;2H,1H3,(H,3,4);1-2H3. The number of terminal acetylenes is 1. The summed E-state index contributed by atoms with van der Waals surface area (Å²) >= 11 is 0. The van der Waals surface area contributed by atoms with Crippen LogP contribution in [-0.4, -0.2) is 80.6 Å². The number of likely N-dealkylation sites (N-methyl/N-ethyl adjacent to an activating group) is 1. The van der Waals surface area contributed by atoms with Crippen molar-refractivity contribution in [3.8, 4) is 12.3 Å². The molecule has 1 saturated carbocycles. The number of carbonyl (C=O) groups is 5. The third-order valence-corrected chi connectivity index (χ3v) is 6.38. The van der Waals surface area contributed by atoms with Crippen LogP contribution in [0.4, 0.5) is 0 Å². The molecule has 4 N–H and O–H groups in total. The van der Waals surface area contributed by atoms with E-state index in [-0.39, 0.29) is 23.6 Å². The molecular weight excluding hydrogens is 534 g/mol. The predicted molar refractivity (Wildman–Crippen MR) is 172 cm³/mol. The Morgan fingerprint density at radius 1 is 1.02 bits per heavy atom. The zero-order valence-corrected chi connectivity index (χ0v) is 27.3. The van der Waals surface area contributed by atoms with Crippen molar-refractivity contribution >= 4 is 30.4 Å². The first-order valence-corrected chi connectivity index (χ1v) is 15.3. The first-order chi connectivity index (χ1) is 20.2. The minimum Gasteiger partial charge on any atom is -0.362 e. The molecule has 0 radical (unpaired) electrons. The molecule has 0 aromatic carbocycles. The lowest BCUT2D eigenvalue weighted by Crippen LogP contribution is -2.55. The molecule has 2 rings (SSSR count). The van der Waals surface area contributed by atoms with Crippen LogP contribution in [0.5, 0.6) is 0 Å². The van der Waals surface area contributed by atoms with Gasteiger partial charge in [-0.2, -0.15) is 0 Å². The van der Waals surface area contributed by atoms with Gasteiger partial charge in [0.1, 0.15) is 6.04 Å². The largest absolute Gasteiger partial charge is 0.362 e. The van der Waals surface area contributed by atoms with Gasteiger partial charge in [0.15, 0.2) is 5.78 Å². The lowest BCUT2D eigenvalue weighted by atomic mass is 9.83. The van der Waals surface area contributed by atoms with E-state index >= 15 is 0 Å². The average Bonchev–Trinajstić information content (AvgIpc) is 3.51. The van der Waals surface area contributed by atoms with Gasteiger partial charge in [0.2, 0.25) is 24.6 Å². The zero-order valence-electron chi connectivity index (χ0n) is 27.3. The van der Waals surface area contributed by atoms with Gasteiger partial charge in [-0.1, -0.05) is 59.5 Å². The third kappa shape index (κ3) is 19.8. The van der Waals surface area contributed by atoms with E-state index in [9.17, 15) is 19.2 Å². The number of ketones is 1. The molecule has 10 heteroatoms. The Bertz CT molecular complexity index is 770. The molecule has 3 atom stereocenters. The highest BCUT2D eigenvalue weighted by Gasteiger charge is 2.40. The minimum absolute atomic E-state index is 0.0186. The quantitative estimate of drug-likeness (QED) is 0.119. The van der Waals surface area contributed by atoms with Crippen LogP contribution in [-0.2, 0) is 24.0 Å². The summed E-state index contributed by atoms with van der Waals surface area (Å²) in [5.41, 5.74) is 0. The van der Waals surface area contributed by atoms with E-state index in [0.29, 0.717) is 51.1 Å². The number of hydrogen-bond acceptors (Lipinski definition) is 6. The van der Waals surface area contributed by atoms with Crippen LogP contribution in [0.3, 0.4) is 0 Å². The normalized spacial score (nSPS) is 16.6. The lowest BCUT2D eigenvalue weighted by Gasteiger charge is -2.34. The van der Waals surface area contributed by atoms with Crippen molar-refractivity contribution in [2.75, 3.05) is 27.2 Å². The van der Waals surface area contributed by atoms with Gasteiger partial charge in [0.05, 0.1) is 12.1 Å². The van der Waals surface area contributed by atoms with Crippen molar-refractivity contribution in [1.82, 2.24) is 26.2 Å². The van der Waals surface area contributed by atoms with Crippen LogP contribution in [0.15, 0.2) is 12.7 Å². The summed E-state index contributed by atoms with van der Waals surface area (Å²) in [7, 11) is 3.39. The van der Waals surface area contributed by atoms with Crippen LogP contribution in [0.1, 0.15) is 98.8 Å². The highest BCUT2D eigenvalue weighted by molar-refractivity contribution is 5.93. The van der Waals surface area contributed by atoms with Crippen molar-refractivity contribution in [3.05, 3.63) is 12.7 Å². The molecule has 2 fully saturated rings. The Kier molecular flexibility index (Phi) is 31.7. The van der Waals surface area contributed by atoms with E-state index in [4.69, 9.17) is 11.2 Å². The van der Waals surface area contributed by atoms with E-state index in [2.05, 4.69) is 47.6 Å². The molecule has 3 unspecified atom stereocenters. The number of hydrogen-bond donors (Lipinski definition) is 4. The Morgan fingerprint density at radius 2 is 1.60 bits per heavy atom. The van der Waals surface area contributed by atoms with Crippen molar-refractivity contribution in [2.45, 2.75) is 117 Å². The Balaban J connectivity index is -0.000000843. The summed E-state index contributed by atoms with van der Waals surface area (Å²) < 4.78 is 0. The summed E-state index contributed by atoms with van der Waals surface area (Å²) in [6.45, 7) is 14.2. The second-order valence-electron chi connectivity index (χ2n) is 9.70. The van der Waals surface area contributed by atoms with Crippen LogP contribution in [0.25, 0.3) is 0 Å². The first-order valence-electron chi connectivity index (χ1n) is 15.3. The number of carbonyl (C=O) groups excluding carboxylic acids is 5. The second kappa shape index (κ2) is 30.8. The Labute approximate surface area is 255 Å². The van der Waals surface area contributed by atoms with E-state index in [1.807, 2.05) is 20.9 Å². The van der Waals surface area contributed by atoms with Gasteiger partial charge in [-0.05, 0) is 52.0 Å². The summed E-state index contributed by atoms with van der Waals surface area (Å²) in [6.07, 6.45) is 17.4. The Hall–Kier alpha value is -3.19. The summed E-state index contributed by atoms with van der Waals surface area (Å²) in [5.74, 6) is 2.51. The van der Waals surface area contributed by atoms with Gasteiger partial charge < -0.3 is 26.2 Å². The maximum atomic E-state index is 13.2. The van der Waals surface area contributed by atoms with Crippen molar-refractivity contribution in [1.29, 1.82) is 0 Å². The third-order valence-electron chi connectivity index (χ3n) is 6.38. The molecule has 242 valence electrons. The molecular formula is C32H59N5O5. The van der Waals surface area contributed by atoms with Gasteiger partial charge in [-0.3, -0.25) is 24.0 Å². The fourth-order valence-electron chi connectivity index (χ4n) is 4.51. The van der Waals surface area contributed by atoms with E-state index in [1.165, 1.54) is 19.8 Å². The predicted octanol–water partition coefficient (Wildman–Crippen LogP) is 3.36. The molecule has 4 amide bonds. The first kappa shape index (κ1) is 43.3. The summed E-state index contributed by atoms with van der Waals surface area (Å²) in [6, 6.07) is -1.31. The van der Waals surface area contributed by atoms with Gasteiger partial charge in [-0.25, -0.2) is 0 Å².